The summed E-state index contributed by atoms with van der Waals surface area (Å²) < 4.78 is 5.23. The van der Waals surface area contributed by atoms with E-state index in [9.17, 15) is 0 Å². The SMILES string of the molecule is CC(C)(C)c1cc2c3c(c1)Sc1c(cc4c5cc(C(C)(C)C)ccc5n5c6ccc(C(C)(C)C)cc6c1c45)B3c1cc3c4cc(C(C)(C)C)ccc4n4c5ccc(C(C)(C)C)cc5c(c1S2)c34. The fourth-order valence-electron chi connectivity index (χ4n) is 11.9. The molecule has 0 saturated heterocycles. The summed E-state index contributed by atoms with van der Waals surface area (Å²) in [5.41, 5.74) is 19.3. The van der Waals surface area contributed by atoms with Crippen LogP contribution in [0.5, 0.6) is 0 Å². The van der Waals surface area contributed by atoms with E-state index in [2.05, 4.69) is 210 Å². The van der Waals surface area contributed by atoms with Crippen molar-refractivity contribution in [3.63, 3.8) is 0 Å². The van der Waals surface area contributed by atoms with Gasteiger partial charge in [-0.25, -0.2) is 0 Å². The van der Waals surface area contributed by atoms with Gasteiger partial charge in [0.05, 0.1) is 33.1 Å². The van der Waals surface area contributed by atoms with E-state index >= 15 is 0 Å². The molecule has 13 rings (SSSR count). The van der Waals surface area contributed by atoms with Gasteiger partial charge in [-0.15, -0.1) is 0 Å². The predicted octanol–water partition coefficient (Wildman–Crippen LogP) is 15.9. The maximum atomic E-state index is 2.66. The van der Waals surface area contributed by atoms with Gasteiger partial charge < -0.3 is 8.80 Å². The third-order valence-electron chi connectivity index (χ3n) is 15.8. The average molecular weight is 909 g/mol. The van der Waals surface area contributed by atoms with E-state index in [1.807, 2.05) is 23.5 Å². The molecular weight excluding hydrogens is 848 g/mol. The van der Waals surface area contributed by atoms with Crippen LogP contribution in [0.25, 0.3) is 76.2 Å². The van der Waals surface area contributed by atoms with Crippen LogP contribution in [0.4, 0.5) is 0 Å². The van der Waals surface area contributed by atoms with Gasteiger partial charge in [0, 0.05) is 62.7 Å². The van der Waals surface area contributed by atoms with Gasteiger partial charge in [0.1, 0.15) is 0 Å². The van der Waals surface area contributed by atoms with Gasteiger partial charge >= 0.3 is 0 Å². The Morgan fingerprint density at radius 2 is 0.657 bits per heavy atom. The first-order valence-electron chi connectivity index (χ1n) is 24.5. The first-order chi connectivity index (χ1) is 31.4. The summed E-state index contributed by atoms with van der Waals surface area (Å²) in [6.07, 6.45) is 0. The van der Waals surface area contributed by atoms with Gasteiger partial charge in [0.25, 0.3) is 0 Å². The minimum absolute atomic E-state index is 0.0129. The van der Waals surface area contributed by atoms with Crippen molar-refractivity contribution in [2.45, 2.75) is 151 Å². The summed E-state index contributed by atoms with van der Waals surface area (Å²) in [5.74, 6) is 0. The summed E-state index contributed by atoms with van der Waals surface area (Å²) in [6, 6.07) is 39.8. The molecule has 0 aliphatic carbocycles. The number of fused-ring (bicyclic) bond motifs is 18. The van der Waals surface area contributed by atoms with Crippen molar-refractivity contribution in [3.8, 4) is 0 Å². The van der Waals surface area contributed by atoms with Crippen molar-refractivity contribution < 1.29 is 0 Å². The Hall–Kier alpha value is -5.10. The van der Waals surface area contributed by atoms with Gasteiger partial charge in [0.15, 0.2) is 0 Å². The number of hydrogen-bond donors (Lipinski definition) is 0. The summed E-state index contributed by atoms with van der Waals surface area (Å²) in [5, 5.41) is 11.0. The highest BCUT2D eigenvalue weighted by atomic mass is 32.2. The van der Waals surface area contributed by atoms with Crippen molar-refractivity contribution in [2.75, 3.05) is 0 Å². The molecule has 4 aromatic heterocycles. The average Bonchev–Trinajstić information content (AvgIpc) is 3.96. The third-order valence-corrected chi connectivity index (χ3v) is 18.3. The molecule has 0 atom stereocenters. The van der Waals surface area contributed by atoms with Gasteiger partial charge in [0.2, 0.25) is 6.71 Å². The van der Waals surface area contributed by atoms with Crippen LogP contribution in [0.1, 0.15) is 132 Å². The first-order valence-corrected chi connectivity index (χ1v) is 26.2. The molecule has 0 spiro atoms. The van der Waals surface area contributed by atoms with E-state index in [0.717, 1.165) is 0 Å². The number of nitrogens with zero attached hydrogens (tertiary/aromatic N) is 2. The molecule has 2 nitrogen and oxygen atoms in total. The molecular formula is C62H61BN2S2. The van der Waals surface area contributed by atoms with Crippen LogP contribution in [0, 0.1) is 0 Å². The number of hydrogen-bond acceptors (Lipinski definition) is 2. The standard InChI is InChI=1S/C62H61BN2S2/c1-58(2,3)32-16-20-45-37(24-32)39-30-43-56(51-41-26-34(60(7,8)9)18-22-47(41)64(45)54(39)51)66-49-28-36(62(13,14)15)29-50-53(49)63(43)44-31-40-38-25-33(59(4,5)6)17-21-46(38)65-48-23-19-35(61(10,11)12)27-42(48)52(55(40)65)57(44)67-50/h16-31H,1-15H3. The lowest BCUT2D eigenvalue weighted by Crippen LogP contribution is -2.58. The fourth-order valence-corrected chi connectivity index (χ4v) is 14.7. The largest absolute Gasteiger partial charge is 0.308 e. The van der Waals surface area contributed by atoms with Crippen LogP contribution in [0.2, 0.25) is 0 Å². The van der Waals surface area contributed by atoms with Crippen molar-refractivity contribution in [2.24, 2.45) is 0 Å². The van der Waals surface area contributed by atoms with E-state index in [0.29, 0.717) is 0 Å². The van der Waals surface area contributed by atoms with Crippen molar-refractivity contribution >= 4 is 123 Å². The van der Waals surface area contributed by atoms with Crippen molar-refractivity contribution in [3.05, 3.63) is 125 Å². The van der Waals surface area contributed by atoms with Crippen LogP contribution in [0.15, 0.2) is 117 Å². The molecule has 11 aromatic rings. The Balaban J connectivity index is 1.24. The minimum atomic E-state index is -0.0129. The summed E-state index contributed by atoms with van der Waals surface area (Å²) in [6.45, 7) is 35.5. The number of rotatable bonds is 0. The predicted molar refractivity (Wildman–Crippen MR) is 295 cm³/mol. The Labute approximate surface area is 404 Å². The van der Waals surface area contributed by atoms with Crippen LogP contribution in [-0.2, 0) is 27.1 Å². The zero-order chi connectivity index (χ0) is 47.0. The van der Waals surface area contributed by atoms with E-state index in [1.54, 1.807) is 0 Å². The highest BCUT2D eigenvalue weighted by molar-refractivity contribution is 8.01. The van der Waals surface area contributed by atoms with Crippen LogP contribution in [0.3, 0.4) is 0 Å². The number of benzene rings is 7. The fraction of sp³-hybridized carbons (Fsp3) is 0.323. The summed E-state index contributed by atoms with van der Waals surface area (Å²) in [7, 11) is 0. The van der Waals surface area contributed by atoms with E-state index in [-0.39, 0.29) is 33.8 Å². The van der Waals surface area contributed by atoms with Gasteiger partial charge in [-0.3, -0.25) is 0 Å². The summed E-state index contributed by atoms with van der Waals surface area (Å²) >= 11 is 4.09. The molecule has 0 saturated carbocycles. The Morgan fingerprint density at radius 3 is 0.985 bits per heavy atom. The highest BCUT2D eigenvalue weighted by Gasteiger charge is 2.43. The van der Waals surface area contributed by atoms with Crippen molar-refractivity contribution in [1.82, 2.24) is 8.80 Å². The third kappa shape index (κ3) is 5.68. The molecule has 7 aromatic carbocycles. The molecule has 0 unspecified atom stereocenters. The molecule has 334 valence electrons. The second-order valence-corrected chi connectivity index (χ2v) is 27.6. The highest BCUT2D eigenvalue weighted by Crippen LogP contribution is 2.52. The van der Waals surface area contributed by atoms with Gasteiger partial charge in [-0.05, 0) is 121 Å². The molecule has 5 heteroatoms. The first kappa shape index (κ1) is 42.0. The summed E-state index contributed by atoms with van der Waals surface area (Å²) in [4.78, 5) is 5.68. The Kier molecular flexibility index (Phi) is 8.13. The van der Waals surface area contributed by atoms with Crippen LogP contribution in [-0.4, -0.2) is 15.5 Å². The van der Waals surface area contributed by atoms with E-state index in [4.69, 9.17) is 0 Å². The maximum Gasteiger partial charge on any atom is 0.247 e. The van der Waals surface area contributed by atoms with Crippen LogP contribution < -0.4 is 16.4 Å². The number of aromatic nitrogens is 2. The quantitative estimate of drug-likeness (QED) is 0.140. The zero-order valence-corrected chi connectivity index (χ0v) is 43.7. The maximum absolute atomic E-state index is 2.66. The normalized spacial score (nSPS) is 14.9. The molecule has 67 heavy (non-hydrogen) atoms. The lowest BCUT2D eigenvalue weighted by atomic mass is 9.36. The zero-order valence-electron chi connectivity index (χ0n) is 42.0. The molecule has 2 aliphatic rings. The Bertz CT molecular complexity index is 3740. The van der Waals surface area contributed by atoms with Crippen molar-refractivity contribution in [1.29, 1.82) is 0 Å². The molecule has 0 radical (unpaired) electrons. The molecule has 0 amide bonds. The lowest BCUT2D eigenvalue weighted by molar-refractivity contribution is 0.587. The van der Waals surface area contributed by atoms with Crippen LogP contribution >= 0.6 is 23.5 Å². The lowest BCUT2D eigenvalue weighted by Gasteiger charge is -2.35. The second-order valence-electron chi connectivity index (χ2n) is 25.5. The smallest absolute Gasteiger partial charge is 0.247 e. The second kappa shape index (κ2) is 13.0. The molecule has 0 fully saturated rings. The van der Waals surface area contributed by atoms with E-state index < -0.39 is 0 Å². The van der Waals surface area contributed by atoms with Gasteiger partial charge in [-0.2, -0.15) is 0 Å². The Morgan fingerprint density at radius 1 is 0.343 bits per heavy atom. The molecule has 0 bridgehead atoms. The van der Waals surface area contributed by atoms with Gasteiger partial charge in [-0.1, -0.05) is 175 Å². The minimum Gasteiger partial charge on any atom is -0.308 e. The molecule has 0 N–H and O–H groups in total. The monoisotopic (exact) mass is 908 g/mol. The topological polar surface area (TPSA) is 8.82 Å². The molecule has 6 heterocycles. The molecule has 2 aliphatic heterocycles. The van der Waals surface area contributed by atoms with E-state index in [1.165, 1.54) is 140 Å².